The van der Waals surface area contributed by atoms with E-state index in [0.29, 0.717) is 0 Å². The number of nitrogens with one attached hydrogen (secondary N) is 1. The predicted molar refractivity (Wildman–Crippen MR) is 106 cm³/mol. The highest BCUT2D eigenvalue weighted by Gasteiger charge is 2.36. The number of benzene rings is 2. The van der Waals surface area contributed by atoms with Gasteiger partial charge in [0.15, 0.2) is 0 Å². The number of carbonyl (C=O) groups is 2. The van der Waals surface area contributed by atoms with Gasteiger partial charge in [0.1, 0.15) is 0 Å². The molecule has 0 spiro atoms. The van der Waals surface area contributed by atoms with Gasteiger partial charge in [0.2, 0.25) is 15.9 Å². The third-order valence-electron chi connectivity index (χ3n) is 4.49. The quantitative estimate of drug-likeness (QED) is 0.841. The normalized spacial score (nSPS) is 15.8. The molecule has 0 atom stereocenters. The molecule has 0 unspecified atom stereocenters. The molecule has 8 heteroatoms. The highest BCUT2D eigenvalue weighted by Crippen LogP contribution is 2.30. The molecule has 3 rings (SSSR count). The number of halogens is 1. The molecular weight excluding hydrogens is 388 g/mol. The van der Waals surface area contributed by atoms with Gasteiger partial charge < -0.3 is 5.32 Å². The number of para-hydroxylation sites is 1. The summed E-state index contributed by atoms with van der Waals surface area (Å²) in [6.07, 6.45) is 0.703. The van der Waals surface area contributed by atoms with Crippen LogP contribution in [-0.2, 0) is 21.2 Å². The van der Waals surface area contributed by atoms with Crippen molar-refractivity contribution < 1.29 is 18.0 Å². The van der Waals surface area contributed by atoms with Crippen LogP contribution in [0.2, 0.25) is 5.02 Å². The minimum atomic E-state index is -3.68. The summed E-state index contributed by atoms with van der Waals surface area (Å²) in [5.41, 5.74) is 3.02. The molecule has 0 radical (unpaired) electrons. The van der Waals surface area contributed by atoms with Crippen LogP contribution in [0.4, 0.5) is 11.4 Å². The van der Waals surface area contributed by atoms with E-state index in [1.807, 2.05) is 32.0 Å². The summed E-state index contributed by atoms with van der Waals surface area (Å²) in [6.45, 7) is 3.91. The Kier molecular flexibility index (Phi) is 5.26. The number of hydrogen-bond acceptors (Lipinski definition) is 4. The molecule has 142 valence electrons. The highest BCUT2D eigenvalue weighted by atomic mass is 35.5. The van der Waals surface area contributed by atoms with E-state index in [0.717, 1.165) is 27.5 Å². The largest absolute Gasteiger partial charge is 0.321 e. The van der Waals surface area contributed by atoms with E-state index in [2.05, 4.69) is 5.32 Å². The van der Waals surface area contributed by atoms with Gasteiger partial charge in [-0.25, -0.2) is 12.7 Å². The standard InChI is InChI=1S/C19H19ClN2O4S/c1-3-13-6-4-5-12(2)18(13)21-19(24)15-8-7-14(11-16(15)20)22-17(23)9-10-27(22,25)26/h4-8,11H,3,9-10H2,1-2H3,(H,21,24). The van der Waals surface area contributed by atoms with E-state index in [9.17, 15) is 18.0 Å². The zero-order valence-electron chi connectivity index (χ0n) is 15.0. The number of anilines is 2. The number of nitrogens with zero attached hydrogens (tertiary/aromatic N) is 1. The van der Waals surface area contributed by atoms with Crippen LogP contribution in [-0.4, -0.2) is 26.0 Å². The van der Waals surface area contributed by atoms with Gasteiger partial charge in [-0.3, -0.25) is 9.59 Å². The molecule has 1 N–H and O–H groups in total. The Morgan fingerprint density at radius 3 is 2.59 bits per heavy atom. The molecule has 2 amide bonds. The molecule has 1 saturated heterocycles. The summed E-state index contributed by atoms with van der Waals surface area (Å²) in [7, 11) is -3.68. The number of amides is 2. The summed E-state index contributed by atoms with van der Waals surface area (Å²) < 4.78 is 24.8. The summed E-state index contributed by atoms with van der Waals surface area (Å²) in [4.78, 5) is 24.6. The maximum absolute atomic E-state index is 12.7. The maximum Gasteiger partial charge on any atom is 0.257 e. The van der Waals surface area contributed by atoms with Gasteiger partial charge in [-0.15, -0.1) is 0 Å². The number of rotatable bonds is 4. The van der Waals surface area contributed by atoms with Crippen molar-refractivity contribution >= 4 is 44.8 Å². The van der Waals surface area contributed by atoms with Crippen LogP contribution in [0.3, 0.4) is 0 Å². The molecule has 2 aromatic carbocycles. The van der Waals surface area contributed by atoms with Gasteiger partial charge in [0.25, 0.3) is 5.91 Å². The molecule has 1 aliphatic rings. The van der Waals surface area contributed by atoms with E-state index >= 15 is 0 Å². The number of hydrogen-bond donors (Lipinski definition) is 1. The van der Waals surface area contributed by atoms with Crippen molar-refractivity contribution in [3.05, 3.63) is 58.1 Å². The van der Waals surface area contributed by atoms with Gasteiger partial charge in [0, 0.05) is 12.1 Å². The van der Waals surface area contributed by atoms with Crippen molar-refractivity contribution in [2.24, 2.45) is 0 Å². The van der Waals surface area contributed by atoms with E-state index in [-0.39, 0.29) is 28.4 Å². The van der Waals surface area contributed by atoms with Crippen molar-refractivity contribution in [3.8, 4) is 0 Å². The fourth-order valence-corrected chi connectivity index (χ4v) is 4.78. The Labute approximate surface area is 163 Å². The third-order valence-corrected chi connectivity index (χ3v) is 6.49. The van der Waals surface area contributed by atoms with Gasteiger partial charge in [-0.05, 0) is 42.7 Å². The van der Waals surface area contributed by atoms with Crippen molar-refractivity contribution in [1.82, 2.24) is 0 Å². The molecule has 2 aromatic rings. The van der Waals surface area contributed by atoms with Crippen molar-refractivity contribution in [1.29, 1.82) is 0 Å². The van der Waals surface area contributed by atoms with E-state index in [4.69, 9.17) is 11.6 Å². The molecule has 0 saturated carbocycles. The van der Waals surface area contributed by atoms with E-state index in [1.165, 1.54) is 18.2 Å². The Morgan fingerprint density at radius 1 is 1.26 bits per heavy atom. The molecule has 0 aliphatic carbocycles. The summed E-state index contributed by atoms with van der Waals surface area (Å²) in [6, 6.07) is 9.95. The fraction of sp³-hybridized carbons (Fsp3) is 0.263. The first-order valence-electron chi connectivity index (χ1n) is 8.50. The average Bonchev–Trinajstić information content (AvgIpc) is 2.89. The highest BCUT2D eigenvalue weighted by molar-refractivity contribution is 7.94. The second-order valence-electron chi connectivity index (χ2n) is 6.31. The second kappa shape index (κ2) is 7.32. The lowest BCUT2D eigenvalue weighted by Crippen LogP contribution is -2.29. The second-order valence-corrected chi connectivity index (χ2v) is 8.65. The van der Waals surface area contributed by atoms with Crippen molar-refractivity contribution in [2.75, 3.05) is 15.4 Å². The van der Waals surface area contributed by atoms with E-state index < -0.39 is 21.8 Å². The minimum absolute atomic E-state index is 0.0602. The molecule has 27 heavy (non-hydrogen) atoms. The van der Waals surface area contributed by atoms with Crippen LogP contribution in [0, 0.1) is 6.92 Å². The smallest absolute Gasteiger partial charge is 0.257 e. The van der Waals surface area contributed by atoms with Crippen LogP contribution < -0.4 is 9.62 Å². The molecule has 1 fully saturated rings. The zero-order chi connectivity index (χ0) is 19.8. The lowest BCUT2D eigenvalue weighted by Gasteiger charge is -2.17. The van der Waals surface area contributed by atoms with Gasteiger partial charge in [-0.2, -0.15) is 0 Å². The topological polar surface area (TPSA) is 83.6 Å². The molecule has 6 nitrogen and oxygen atoms in total. The molecule has 0 aromatic heterocycles. The summed E-state index contributed by atoms with van der Waals surface area (Å²) >= 11 is 6.23. The zero-order valence-corrected chi connectivity index (χ0v) is 16.5. The minimum Gasteiger partial charge on any atom is -0.321 e. The Morgan fingerprint density at radius 2 is 2.00 bits per heavy atom. The third kappa shape index (κ3) is 3.70. The van der Waals surface area contributed by atoms with Gasteiger partial charge in [-0.1, -0.05) is 36.7 Å². The first-order chi connectivity index (χ1) is 12.7. The van der Waals surface area contributed by atoms with Crippen LogP contribution in [0.5, 0.6) is 0 Å². The van der Waals surface area contributed by atoms with Crippen LogP contribution >= 0.6 is 11.6 Å². The Hall–Kier alpha value is -2.38. The van der Waals surface area contributed by atoms with Crippen molar-refractivity contribution in [3.63, 3.8) is 0 Å². The lowest BCUT2D eigenvalue weighted by molar-refractivity contribution is -0.116. The first kappa shape index (κ1) is 19.4. The number of carbonyl (C=O) groups excluding carboxylic acids is 2. The van der Waals surface area contributed by atoms with Gasteiger partial charge >= 0.3 is 0 Å². The number of sulfonamides is 1. The molecule has 1 aliphatic heterocycles. The Balaban J connectivity index is 1.91. The summed E-state index contributed by atoms with van der Waals surface area (Å²) in [5.74, 6) is -1.12. The predicted octanol–water partition coefficient (Wildman–Crippen LogP) is 3.53. The van der Waals surface area contributed by atoms with Crippen LogP contribution in [0.25, 0.3) is 0 Å². The molecular formula is C19H19ClN2O4S. The fourth-order valence-electron chi connectivity index (χ4n) is 3.07. The van der Waals surface area contributed by atoms with E-state index in [1.54, 1.807) is 0 Å². The Bertz CT molecular complexity index is 1030. The summed E-state index contributed by atoms with van der Waals surface area (Å²) in [5, 5.41) is 2.95. The monoisotopic (exact) mass is 406 g/mol. The van der Waals surface area contributed by atoms with Crippen LogP contribution in [0.1, 0.15) is 34.8 Å². The van der Waals surface area contributed by atoms with Gasteiger partial charge in [0.05, 0.1) is 22.0 Å². The average molecular weight is 407 g/mol. The lowest BCUT2D eigenvalue weighted by atomic mass is 10.1. The SMILES string of the molecule is CCc1cccc(C)c1NC(=O)c1ccc(N2C(=O)CCS2(=O)=O)cc1Cl. The molecule has 0 bridgehead atoms. The van der Waals surface area contributed by atoms with Crippen LogP contribution in [0.15, 0.2) is 36.4 Å². The molecule has 1 heterocycles. The number of aryl methyl sites for hydroxylation is 2. The maximum atomic E-state index is 12.7. The first-order valence-corrected chi connectivity index (χ1v) is 10.5. The van der Waals surface area contributed by atoms with Crippen molar-refractivity contribution in [2.45, 2.75) is 26.7 Å².